The van der Waals surface area contributed by atoms with Gasteiger partial charge < -0.3 is 10.1 Å². The summed E-state index contributed by atoms with van der Waals surface area (Å²) < 4.78 is 27.1. The number of alkyl halides is 2. The topological polar surface area (TPSA) is 72.5 Å². The fourth-order valence-electron chi connectivity index (χ4n) is 1.52. The van der Waals surface area contributed by atoms with Gasteiger partial charge in [-0.15, -0.1) is 23.2 Å². The normalized spacial score (nSPS) is 24.2. The van der Waals surface area contributed by atoms with E-state index in [2.05, 4.69) is 5.32 Å². The van der Waals surface area contributed by atoms with Crippen molar-refractivity contribution in [3.8, 4) is 0 Å². The van der Waals surface area contributed by atoms with Crippen molar-refractivity contribution in [2.24, 2.45) is 5.92 Å². The number of hydrogen-bond donors (Lipinski definition) is 1. The lowest BCUT2D eigenvalue weighted by molar-refractivity contribution is 0.146. The second kappa shape index (κ2) is 6.66. The Balaban J connectivity index is 2.16. The molecule has 0 radical (unpaired) electrons. The van der Waals surface area contributed by atoms with Crippen LogP contribution < -0.4 is 5.32 Å². The Morgan fingerprint density at radius 2 is 2.24 bits per heavy atom. The van der Waals surface area contributed by atoms with Gasteiger partial charge in [-0.3, -0.25) is 0 Å². The molecule has 100 valence electrons. The highest BCUT2D eigenvalue weighted by Gasteiger charge is 2.28. The molecule has 0 aliphatic carbocycles. The van der Waals surface area contributed by atoms with Gasteiger partial charge in [0.2, 0.25) is 0 Å². The van der Waals surface area contributed by atoms with Crippen molar-refractivity contribution in [1.29, 1.82) is 0 Å². The van der Waals surface area contributed by atoms with E-state index in [1.807, 2.05) is 0 Å². The lowest BCUT2D eigenvalue weighted by Gasteiger charge is -2.11. The van der Waals surface area contributed by atoms with Crippen LogP contribution in [0.25, 0.3) is 0 Å². The number of ether oxygens (including phenoxy) is 1. The molecule has 1 heterocycles. The predicted molar refractivity (Wildman–Crippen MR) is 66.5 cm³/mol. The van der Waals surface area contributed by atoms with Crippen LogP contribution in [-0.4, -0.2) is 50.4 Å². The number of amides is 1. The minimum atomic E-state index is -2.90. The lowest BCUT2D eigenvalue weighted by Crippen LogP contribution is -2.31. The molecule has 1 saturated heterocycles. The average molecular weight is 304 g/mol. The fraction of sp³-hybridized carbons (Fsp3) is 0.889. The fourth-order valence-corrected chi connectivity index (χ4v) is 3.54. The largest absolute Gasteiger partial charge is 0.448 e. The zero-order chi connectivity index (χ0) is 12.9. The van der Waals surface area contributed by atoms with E-state index in [1.165, 1.54) is 0 Å². The Hall–Kier alpha value is -0.200. The van der Waals surface area contributed by atoms with Crippen molar-refractivity contribution < 1.29 is 17.9 Å². The van der Waals surface area contributed by atoms with Gasteiger partial charge in [-0.25, -0.2) is 13.2 Å². The molecular formula is C9H15Cl2NO4S. The first kappa shape index (κ1) is 14.9. The molecule has 1 amide bonds. The molecule has 8 heteroatoms. The summed E-state index contributed by atoms with van der Waals surface area (Å²) in [6, 6.07) is 0. The summed E-state index contributed by atoms with van der Waals surface area (Å²) in [6.07, 6.45) is -0.00679. The maximum Gasteiger partial charge on any atom is 0.407 e. The molecule has 17 heavy (non-hydrogen) atoms. The van der Waals surface area contributed by atoms with Crippen LogP contribution in [0.15, 0.2) is 0 Å². The molecule has 5 nitrogen and oxygen atoms in total. The van der Waals surface area contributed by atoms with Gasteiger partial charge in [0.25, 0.3) is 0 Å². The molecule has 0 bridgehead atoms. The molecule has 1 N–H and O–H groups in total. The Kier molecular flexibility index (Phi) is 5.82. The molecule has 0 spiro atoms. The number of nitrogens with one attached hydrogen (secondary N) is 1. The summed E-state index contributed by atoms with van der Waals surface area (Å²) in [4.78, 5) is 11.2. The number of hydrogen-bond acceptors (Lipinski definition) is 4. The van der Waals surface area contributed by atoms with Crippen molar-refractivity contribution in [2.45, 2.75) is 11.8 Å². The highest BCUT2D eigenvalue weighted by atomic mass is 35.5. The summed E-state index contributed by atoms with van der Waals surface area (Å²) >= 11 is 11.1. The van der Waals surface area contributed by atoms with Crippen LogP contribution in [-0.2, 0) is 14.6 Å². The minimum Gasteiger partial charge on any atom is -0.448 e. The molecular weight excluding hydrogens is 289 g/mol. The highest BCUT2D eigenvalue weighted by molar-refractivity contribution is 7.91. The van der Waals surface area contributed by atoms with Crippen molar-refractivity contribution >= 4 is 39.1 Å². The second-order valence-electron chi connectivity index (χ2n) is 4.00. The minimum absolute atomic E-state index is 0.0209. The van der Waals surface area contributed by atoms with Gasteiger partial charge in [0, 0.05) is 12.4 Å². The summed E-state index contributed by atoms with van der Waals surface area (Å²) in [5.41, 5.74) is 0. The van der Waals surface area contributed by atoms with Crippen molar-refractivity contribution in [3.05, 3.63) is 0 Å². The van der Waals surface area contributed by atoms with Gasteiger partial charge in [-0.2, -0.15) is 0 Å². The third kappa shape index (κ3) is 5.79. The number of carbonyl (C=O) groups excluding carboxylic acids is 1. The maximum absolute atomic E-state index is 11.2. The van der Waals surface area contributed by atoms with Crippen molar-refractivity contribution in [1.82, 2.24) is 5.32 Å². The van der Waals surface area contributed by atoms with E-state index >= 15 is 0 Å². The molecule has 1 fully saturated rings. The van der Waals surface area contributed by atoms with E-state index in [9.17, 15) is 13.2 Å². The molecule has 1 rings (SSSR count). The molecule has 2 atom stereocenters. The molecule has 1 aliphatic heterocycles. The first-order chi connectivity index (χ1) is 7.93. The smallest absolute Gasteiger partial charge is 0.407 e. The van der Waals surface area contributed by atoms with E-state index in [4.69, 9.17) is 27.9 Å². The Labute approximate surface area is 111 Å². The molecule has 0 saturated carbocycles. The molecule has 1 aliphatic rings. The first-order valence-electron chi connectivity index (χ1n) is 5.24. The van der Waals surface area contributed by atoms with Crippen LogP contribution in [0.3, 0.4) is 0 Å². The Morgan fingerprint density at radius 3 is 2.76 bits per heavy atom. The average Bonchev–Trinajstić information content (AvgIpc) is 2.63. The molecule has 0 aromatic rings. The number of alkyl carbamates (subject to hydrolysis) is 1. The highest BCUT2D eigenvalue weighted by Crippen LogP contribution is 2.17. The van der Waals surface area contributed by atoms with Gasteiger partial charge in [0.1, 0.15) is 6.61 Å². The van der Waals surface area contributed by atoms with Gasteiger partial charge in [-0.1, -0.05) is 0 Å². The van der Waals surface area contributed by atoms with E-state index < -0.39 is 21.3 Å². The van der Waals surface area contributed by atoms with E-state index in [-0.39, 0.29) is 29.9 Å². The van der Waals surface area contributed by atoms with Crippen LogP contribution in [0.5, 0.6) is 0 Å². The quantitative estimate of drug-likeness (QED) is 0.769. The summed E-state index contributed by atoms with van der Waals surface area (Å²) in [5.74, 6) is 0.514. The molecule has 0 aromatic carbocycles. The number of rotatable bonds is 5. The Morgan fingerprint density at radius 1 is 1.53 bits per heavy atom. The standard InChI is InChI=1S/C9H15Cl2NO4S/c10-3-8(11)5-16-9(13)12-4-7-1-2-17(14,15)6-7/h7-8H,1-6H2,(H,12,13)/t7-,8-/m0/s1. The van der Waals surface area contributed by atoms with E-state index in [0.29, 0.717) is 13.0 Å². The van der Waals surface area contributed by atoms with Gasteiger partial charge in [0.05, 0.1) is 16.9 Å². The third-order valence-electron chi connectivity index (χ3n) is 2.42. The summed E-state index contributed by atoms with van der Waals surface area (Å²) in [6.45, 7) is 0.353. The van der Waals surface area contributed by atoms with Crippen LogP contribution >= 0.6 is 23.2 Å². The van der Waals surface area contributed by atoms with Crippen LogP contribution in [0.4, 0.5) is 4.79 Å². The molecule has 0 unspecified atom stereocenters. The third-order valence-corrected chi connectivity index (χ3v) is 5.07. The second-order valence-corrected chi connectivity index (χ2v) is 7.15. The SMILES string of the molecule is O=C(NC[C@@H]1CCS(=O)(=O)C1)OC[C@@H](Cl)CCl. The maximum atomic E-state index is 11.2. The number of carbonyl (C=O) groups is 1. The van der Waals surface area contributed by atoms with Crippen molar-refractivity contribution in [3.63, 3.8) is 0 Å². The van der Waals surface area contributed by atoms with Gasteiger partial charge in [-0.05, 0) is 12.3 Å². The number of sulfone groups is 1. The monoisotopic (exact) mass is 303 g/mol. The Bertz CT molecular complexity index is 360. The predicted octanol–water partition coefficient (Wildman–Crippen LogP) is 0.994. The van der Waals surface area contributed by atoms with Crippen molar-refractivity contribution in [2.75, 3.05) is 30.5 Å². The van der Waals surface area contributed by atoms with Crippen LogP contribution in [0, 0.1) is 5.92 Å². The number of halogens is 2. The van der Waals surface area contributed by atoms with Crippen LogP contribution in [0.2, 0.25) is 0 Å². The van der Waals surface area contributed by atoms with Crippen LogP contribution in [0.1, 0.15) is 6.42 Å². The van der Waals surface area contributed by atoms with Gasteiger partial charge in [0.15, 0.2) is 9.84 Å². The summed E-state index contributed by atoms with van der Waals surface area (Å²) in [7, 11) is -2.90. The zero-order valence-corrected chi connectivity index (χ0v) is 11.5. The summed E-state index contributed by atoms with van der Waals surface area (Å²) in [5, 5.41) is 2.11. The first-order valence-corrected chi connectivity index (χ1v) is 8.03. The lowest BCUT2D eigenvalue weighted by atomic mass is 10.1. The zero-order valence-electron chi connectivity index (χ0n) is 9.19. The van der Waals surface area contributed by atoms with E-state index in [0.717, 1.165) is 0 Å². The van der Waals surface area contributed by atoms with Gasteiger partial charge >= 0.3 is 6.09 Å². The van der Waals surface area contributed by atoms with E-state index in [1.54, 1.807) is 0 Å². The molecule has 0 aromatic heterocycles.